The van der Waals surface area contributed by atoms with Gasteiger partial charge < -0.3 is 10.8 Å². The van der Waals surface area contributed by atoms with Gasteiger partial charge in [0.05, 0.1) is 5.69 Å². The Hall–Kier alpha value is -0.710. The molecule has 0 aliphatic heterocycles. The van der Waals surface area contributed by atoms with Crippen molar-refractivity contribution < 1.29 is 5.11 Å². The molecule has 2 atom stereocenters. The van der Waals surface area contributed by atoms with Gasteiger partial charge in [-0.05, 0) is 36.9 Å². The highest BCUT2D eigenvalue weighted by molar-refractivity contribution is 6.28. The standard InChI is InChI=1S/C10H14ClN3O/c11-9-13-6-4-8(14-9)7-3-1-2-5-10(7,12)15/h4,6-7,15H,1-3,5,12H2. The fraction of sp³-hybridized carbons (Fsp3) is 0.600. The van der Waals surface area contributed by atoms with Gasteiger partial charge in [0.1, 0.15) is 5.72 Å². The number of nitrogens with zero attached hydrogens (tertiary/aromatic N) is 2. The van der Waals surface area contributed by atoms with Gasteiger partial charge in [0.25, 0.3) is 0 Å². The van der Waals surface area contributed by atoms with E-state index in [2.05, 4.69) is 9.97 Å². The molecule has 1 fully saturated rings. The number of hydrogen-bond acceptors (Lipinski definition) is 4. The molecule has 0 aromatic carbocycles. The molecule has 0 bridgehead atoms. The highest BCUT2D eigenvalue weighted by atomic mass is 35.5. The van der Waals surface area contributed by atoms with Gasteiger partial charge in [-0.25, -0.2) is 9.97 Å². The molecule has 0 spiro atoms. The van der Waals surface area contributed by atoms with Crippen LogP contribution in [0.15, 0.2) is 12.3 Å². The summed E-state index contributed by atoms with van der Waals surface area (Å²) in [5, 5.41) is 10.3. The molecule has 2 unspecified atom stereocenters. The van der Waals surface area contributed by atoms with Gasteiger partial charge >= 0.3 is 0 Å². The Morgan fingerprint density at radius 1 is 1.53 bits per heavy atom. The molecule has 0 radical (unpaired) electrons. The van der Waals surface area contributed by atoms with E-state index < -0.39 is 5.72 Å². The molecule has 4 nitrogen and oxygen atoms in total. The Balaban J connectivity index is 2.29. The van der Waals surface area contributed by atoms with E-state index in [0.717, 1.165) is 25.0 Å². The van der Waals surface area contributed by atoms with Gasteiger partial charge in [-0.15, -0.1) is 0 Å². The van der Waals surface area contributed by atoms with Crippen LogP contribution in [-0.4, -0.2) is 20.8 Å². The molecule has 1 saturated carbocycles. The zero-order chi connectivity index (χ0) is 10.9. The molecule has 1 heterocycles. The summed E-state index contributed by atoms with van der Waals surface area (Å²) in [6, 6.07) is 1.76. The Labute approximate surface area is 93.5 Å². The summed E-state index contributed by atoms with van der Waals surface area (Å²) in [5.41, 5.74) is 5.44. The predicted molar refractivity (Wildman–Crippen MR) is 57.4 cm³/mol. The predicted octanol–water partition coefficient (Wildman–Crippen LogP) is 1.43. The van der Waals surface area contributed by atoms with Crippen LogP contribution in [0.1, 0.15) is 37.3 Å². The Bertz CT molecular complexity index is 356. The fourth-order valence-electron chi connectivity index (χ4n) is 2.13. The summed E-state index contributed by atoms with van der Waals surface area (Å²) in [4.78, 5) is 7.92. The average molecular weight is 228 g/mol. The van der Waals surface area contributed by atoms with Crippen LogP contribution < -0.4 is 5.73 Å². The summed E-state index contributed by atoms with van der Waals surface area (Å²) in [7, 11) is 0. The maximum absolute atomic E-state index is 10.1. The molecule has 5 heteroatoms. The van der Waals surface area contributed by atoms with Crippen molar-refractivity contribution in [3.8, 4) is 0 Å². The third-order valence-corrected chi connectivity index (χ3v) is 3.11. The van der Waals surface area contributed by atoms with E-state index in [9.17, 15) is 5.11 Å². The largest absolute Gasteiger partial charge is 0.375 e. The molecule has 3 N–H and O–H groups in total. The number of rotatable bonds is 1. The van der Waals surface area contributed by atoms with Crippen molar-refractivity contribution in [2.45, 2.75) is 37.3 Å². The third kappa shape index (κ3) is 2.27. The first-order valence-electron chi connectivity index (χ1n) is 5.09. The van der Waals surface area contributed by atoms with Crippen LogP contribution in [0.3, 0.4) is 0 Å². The highest BCUT2D eigenvalue weighted by Crippen LogP contribution is 2.36. The van der Waals surface area contributed by atoms with Crippen molar-refractivity contribution >= 4 is 11.6 Å². The smallest absolute Gasteiger partial charge is 0.222 e. The minimum absolute atomic E-state index is 0.133. The maximum Gasteiger partial charge on any atom is 0.222 e. The zero-order valence-corrected chi connectivity index (χ0v) is 9.11. The number of halogens is 1. The van der Waals surface area contributed by atoms with E-state index >= 15 is 0 Å². The van der Waals surface area contributed by atoms with Gasteiger partial charge in [0.2, 0.25) is 5.28 Å². The lowest BCUT2D eigenvalue weighted by Gasteiger charge is -2.36. The van der Waals surface area contributed by atoms with E-state index in [0.29, 0.717) is 6.42 Å². The lowest BCUT2D eigenvalue weighted by Crippen LogP contribution is -2.47. The van der Waals surface area contributed by atoms with E-state index in [1.165, 1.54) is 0 Å². The molecule has 15 heavy (non-hydrogen) atoms. The number of aliphatic hydroxyl groups is 1. The highest BCUT2D eigenvalue weighted by Gasteiger charge is 2.37. The van der Waals surface area contributed by atoms with Gasteiger partial charge in [-0.2, -0.15) is 0 Å². The first-order chi connectivity index (χ1) is 7.09. The zero-order valence-electron chi connectivity index (χ0n) is 8.36. The number of hydrogen-bond donors (Lipinski definition) is 2. The van der Waals surface area contributed by atoms with Crippen LogP contribution in [0.4, 0.5) is 0 Å². The van der Waals surface area contributed by atoms with Crippen LogP contribution in [0, 0.1) is 0 Å². The number of nitrogens with two attached hydrogens (primary N) is 1. The SMILES string of the molecule is NC1(O)CCCCC1c1ccnc(Cl)n1. The second-order valence-corrected chi connectivity index (χ2v) is 4.38. The van der Waals surface area contributed by atoms with Crippen molar-refractivity contribution in [3.05, 3.63) is 23.2 Å². The quantitative estimate of drug-likeness (QED) is 0.563. The summed E-state index contributed by atoms with van der Waals surface area (Å²) in [6.07, 6.45) is 5.07. The van der Waals surface area contributed by atoms with Gasteiger partial charge in [-0.1, -0.05) is 6.42 Å². The Morgan fingerprint density at radius 3 is 3.00 bits per heavy atom. The van der Waals surface area contributed by atoms with E-state index in [-0.39, 0.29) is 11.2 Å². The van der Waals surface area contributed by atoms with E-state index in [1.807, 2.05) is 0 Å². The first-order valence-corrected chi connectivity index (χ1v) is 5.47. The topological polar surface area (TPSA) is 72.0 Å². The molecule has 1 aliphatic carbocycles. The monoisotopic (exact) mass is 227 g/mol. The maximum atomic E-state index is 10.1. The second kappa shape index (κ2) is 4.04. The molecular weight excluding hydrogens is 214 g/mol. The average Bonchev–Trinajstić information content (AvgIpc) is 2.17. The molecule has 82 valence electrons. The molecule has 1 aromatic heterocycles. The minimum atomic E-state index is -1.16. The van der Waals surface area contributed by atoms with Crippen LogP contribution in [0.2, 0.25) is 5.28 Å². The second-order valence-electron chi connectivity index (χ2n) is 4.04. The lowest BCUT2D eigenvalue weighted by atomic mass is 9.80. The Morgan fingerprint density at radius 2 is 2.33 bits per heavy atom. The summed E-state index contributed by atoms with van der Waals surface area (Å²) >= 11 is 5.71. The molecule has 0 amide bonds. The van der Waals surface area contributed by atoms with Crippen LogP contribution in [-0.2, 0) is 0 Å². The normalized spacial score (nSPS) is 31.5. The molecule has 1 aromatic rings. The fourth-order valence-corrected chi connectivity index (χ4v) is 2.28. The van der Waals surface area contributed by atoms with Crippen LogP contribution in [0.25, 0.3) is 0 Å². The van der Waals surface area contributed by atoms with Gasteiger partial charge in [0, 0.05) is 12.1 Å². The molecule has 2 rings (SSSR count). The van der Waals surface area contributed by atoms with E-state index in [1.54, 1.807) is 12.3 Å². The molecule has 0 saturated heterocycles. The van der Waals surface area contributed by atoms with E-state index in [4.69, 9.17) is 17.3 Å². The minimum Gasteiger partial charge on any atom is -0.375 e. The van der Waals surface area contributed by atoms with Gasteiger partial charge in [-0.3, -0.25) is 0 Å². The van der Waals surface area contributed by atoms with Gasteiger partial charge in [0.15, 0.2) is 0 Å². The van der Waals surface area contributed by atoms with Crippen molar-refractivity contribution in [2.24, 2.45) is 5.73 Å². The van der Waals surface area contributed by atoms with Crippen molar-refractivity contribution in [1.29, 1.82) is 0 Å². The molecular formula is C10H14ClN3O. The number of aromatic nitrogens is 2. The van der Waals surface area contributed by atoms with Crippen molar-refractivity contribution in [1.82, 2.24) is 9.97 Å². The summed E-state index contributed by atoms with van der Waals surface area (Å²) < 4.78 is 0. The first kappa shape index (κ1) is 10.8. The summed E-state index contributed by atoms with van der Waals surface area (Å²) in [6.45, 7) is 0. The third-order valence-electron chi connectivity index (χ3n) is 2.93. The van der Waals surface area contributed by atoms with Crippen molar-refractivity contribution in [3.63, 3.8) is 0 Å². The van der Waals surface area contributed by atoms with Crippen LogP contribution in [0.5, 0.6) is 0 Å². The van der Waals surface area contributed by atoms with Crippen LogP contribution >= 0.6 is 11.6 Å². The Kier molecular flexibility index (Phi) is 2.91. The lowest BCUT2D eigenvalue weighted by molar-refractivity contribution is -0.0125. The summed E-state index contributed by atoms with van der Waals surface area (Å²) in [5.74, 6) is -0.133. The molecule has 1 aliphatic rings. The van der Waals surface area contributed by atoms with Crippen molar-refractivity contribution in [2.75, 3.05) is 0 Å².